The number of nitrogens with zero attached hydrogens (tertiary/aromatic N) is 3. The maximum absolute atomic E-state index is 12.1. The lowest BCUT2D eigenvalue weighted by atomic mass is 10.1. The lowest BCUT2D eigenvalue weighted by Gasteiger charge is -2.11. The largest absolute Gasteiger partial charge is 0.387 e. The van der Waals surface area contributed by atoms with Crippen molar-refractivity contribution in [3.8, 4) is 5.69 Å². The van der Waals surface area contributed by atoms with Gasteiger partial charge in [0.2, 0.25) is 0 Å². The van der Waals surface area contributed by atoms with Crippen LogP contribution in [-0.2, 0) is 0 Å². The summed E-state index contributed by atoms with van der Waals surface area (Å²) in [5, 5.41) is 21.1. The zero-order valence-corrected chi connectivity index (χ0v) is 13.4. The summed E-state index contributed by atoms with van der Waals surface area (Å²) in [7, 11) is 0. The molecule has 0 fully saturated rings. The Bertz CT molecular complexity index is 818. The highest BCUT2D eigenvalue weighted by Crippen LogP contribution is 2.15. The van der Waals surface area contributed by atoms with E-state index in [1.807, 2.05) is 30.3 Å². The second-order valence-electron chi connectivity index (χ2n) is 5.16. The Hall–Kier alpha value is -2.70. The Labute approximate surface area is 143 Å². The van der Waals surface area contributed by atoms with Crippen LogP contribution < -0.4 is 5.32 Å². The molecule has 0 radical (unpaired) electrons. The average Bonchev–Trinajstić information content (AvgIpc) is 3.11. The van der Waals surface area contributed by atoms with Gasteiger partial charge in [0.15, 0.2) is 5.69 Å². The number of rotatable bonds is 5. The molecule has 1 amide bonds. The van der Waals surface area contributed by atoms with Crippen LogP contribution >= 0.6 is 11.6 Å². The van der Waals surface area contributed by atoms with Crippen molar-refractivity contribution in [2.75, 3.05) is 6.54 Å². The van der Waals surface area contributed by atoms with E-state index in [2.05, 4.69) is 15.6 Å². The first kappa shape index (κ1) is 16.2. The van der Waals surface area contributed by atoms with Crippen molar-refractivity contribution in [2.45, 2.75) is 6.10 Å². The van der Waals surface area contributed by atoms with Crippen LogP contribution in [0.4, 0.5) is 0 Å². The molecule has 1 atom stereocenters. The maximum Gasteiger partial charge on any atom is 0.273 e. The van der Waals surface area contributed by atoms with Gasteiger partial charge in [0.05, 0.1) is 18.0 Å². The van der Waals surface area contributed by atoms with Crippen LogP contribution in [0.3, 0.4) is 0 Å². The number of nitrogens with one attached hydrogen (secondary N) is 1. The highest BCUT2D eigenvalue weighted by Gasteiger charge is 2.14. The number of halogens is 1. The van der Waals surface area contributed by atoms with Crippen LogP contribution in [0, 0.1) is 0 Å². The van der Waals surface area contributed by atoms with Gasteiger partial charge in [-0.25, -0.2) is 4.68 Å². The number of aliphatic hydroxyl groups excluding tert-OH is 1. The van der Waals surface area contributed by atoms with E-state index in [4.69, 9.17) is 11.6 Å². The summed E-state index contributed by atoms with van der Waals surface area (Å²) in [5.74, 6) is -0.398. The van der Waals surface area contributed by atoms with Crippen LogP contribution in [0.1, 0.15) is 22.2 Å². The van der Waals surface area contributed by atoms with Crippen molar-refractivity contribution in [1.82, 2.24) is 20.3 Å². The van der Waals surface area contributed by atoms with Gasteiger partial charge < -0.3 is 10.4 Å². The summed E-state index contributed by atoms with van der Waals surface area (Å²) in [6.45, 7) is 0.0681. The molecule has 24 heavy (non-hydrogen) atoms. The molecule has 0 saturated carbocycles. The molecule has 2 aromatic carbocycles. The van der Waals surface area contributed by atoms with E-state index in [0.717, 1.165) is 5.69 Å². The monoisotopic (exact) mass is 342 g/mol. The minimum Gasteiger partial charge on any atom is -0.387 e. The summed E-state index contributed by atoms with van der Waals surface area (Å²) < 4.78 is 1.52. The van der Waals surface area contributed by atoms with E-state index in [-0.39, 0.29) is 12.2 Å². The van der Waals surface area contributed by atoms with Gasteiger partial charge in [0, 0.05) is 11.6 Å². The summed E-state index contributed by atoms with van der Waals surface area (Å²) in [5.41, 5.74) is 1.67. The van der Waals surface area contributed by atoms with Gasteiger partial charge >= 0.3 is 0 Å². The maximum atomic E-state index is 12.1. The van der Waals surface area contributed by atoms with Crippen molar-refractivity contribution >= 4 is 17.5 Å². The number of para-hydroxylation sites is 1. The molecule has 1 unspecified atom stereocenters. The Morgan fingerprint density at radius 3 is 2.58 bits per heavy atom. The number of benzene rings is 2. The zero-order valence-electron chi connectivity index (χ0n) is 12.6. The van der Waals surface area contributed by atoms with Crippen molar-refractivity contribution in [3.63, 3.8) is 0 Å². The third-order valence-electron chi connectivity index (χ3n) is 3.46. The summed E-state index contributed by atoms with van der Waals surface area (Å²) in [4.78, 5) is 12.1. The minimum absolute atomic E-state index is 0.0681. The number of hydrogen-bond acceptors (Lipinski definition) is 4. The Balaban J connectivity index is 1.61. The molecule has 0 aliphatic rings. The molecule has 1 heterocycles. The quantitative estimate of drug-likeness (QED) is 0.746. The standard InChI is InChI=1S/C17H15ClN4O2/c18-13-8-6-12(7-9-13)16(23)10-19-17(24)15-11-22(21-20-15)14-4-2-1-3-5-14/h1-9,11,16,23H,10H2,(H,19,24). The lowest BCUT2D eigenvalue weighted by Crippen LogP contribution is -2.28. The number of aromatic nitrogens is 3. The van der Waals surface area contributed by atoms with Crippen molar-refractivity contribution < 1.29 is 9.90 Å². The fourth-order valence-corrected chi connectivity index (χ4v) is 2.28. The van der Waals surface area contributed by atoms with Gasteiger partial charge in [0.1, 0.15) is 0 Å². The van der Waals surface area contributed by atoms with Crippen LogP contribution in [0.15, 0.2) is 60.8 Å². The normalized spacial score (nSPS) is 11.9. The molecular formula is C17H15ClN4O2. The SMILES string of the molecule is O=C(NCC(O)c1ccc(Cl)cc1)c1cn(-c2ccccc2)nn1. The first-order valence-corrected chi connectivity index (χ1v) is 7.71. The van der Waals surface area contributed by atoms with Crippen LogP contribution in [0.5, 0.6) is 0 Å². The molecule has 1 aromatic heterocycles. The molecule has 6 nitrogen and oxygen atoms in total. The van der Waals surface area contributed by atoms with E-state index in [1.54, 1.807) is 30.5 Å². The molecule has 0 bridgehead atoms. The average molecular weight is 343 g/mol. The number of hydrogen-bond donors (Lipinski definition) is 2. The van der Waals surface area contributed by atoms with E-state index in [1.165, 1.54) is 4.68 Å². The fraction of sp³-hybridized carbons (Fsp3) is 0.118. The lowest BCUT2D eigenvalue weighted by molar-refractivity contribution is 0.0911. The van der Waals surface area contributed by atoms with Gasteiger partial charge in [0.25, 0.3) is 5.91 Å². The highest BCUT2D eigenvalue weighted by atomic mass is 35.5. The van der Waals surface area contributed by atoms with Crippen LogP contribution in [0.25, 0.3) is 5.69 Å². The summed E-state index contributed by atoms with van der Waals surface area (Å²) >= 11 is 5.81. The molecular weight excluding hydrogens is 328 g/mol. The van der Waals surface area contributed by atoms with Crippen molar-refractivity contribution in [1.29, 1.82) is 0 Å². The smallest absolute Gasteiger partial charge is 0.273 e. The zero-order chi connectivity index (χ0) is 16.9. The molecule has 2 N–H and O–H groups in total. The predicted molar refractivity (Wildman–Crippen MR) is 90.1 cm³/mol. The van der Waals surface area contributed by atoms with Crippen molar-refractivity contribution in [2.24, 2.45) is 0 Å². The van der Waals surface area contributed by atoms with E-state index >= 15 is 0 Å². The van der Waals surface area contributed by atoms with Gasteiger partial charge in [-0.3, -0.25) is 4.79 Å². The highest BCUT2D eigenvalue weighted by molar-refractivity contribution is 6.30. The third-order valence-corrected chi connectivity index (χ3v) is 3.71. The second-order valence-corrected chi connectivity index (χ2v) is 5.60. The van der Waals surface area contributed by atoms with E-state index in [0.29, 0.717) is 10.6 Å². The Morgan fingerprint density at radius 2 is 1.88 bits per heavy atom. The second kappa shape index (κ2) is 7.25. The predicted octanol–water partition coefficient (Wildman–Crippen LogP) is 2.38. The number of aliphatic hydroxyl groups is 1. The fourth-order valence-electron chi connectivity index (χ4n) is 2.16. The van der Waals surface area contributed by atoms with E-state index in [9.17, 15) is 9.90 Å². The molecule has 7 heteroatoms. The van der Waals surface area contributed by atoms with Gasteiger partial charge in [-0.15, -0.1) is 5.10 Å². The molecule has 3 rings (SSSR count). The van der Waals surface area contributed by atoms with Crippen molar-refractivity contribution in [3.05, 3.63) is 77.1 Å². The van der Waals surface area contributed by atoms with Gasteiger partial charge in [-0.05, 0) is 29.8 Å². The first-order chi connectivity index (χ1) is 11.6. The molecule has 122 valence electrons. The van der Waals surface area contributed by atoms with Gasteiger partial charge in [-0.1, -0.05) is 47.1 Å². The Morgan fingerprint density at radius 1 is 1.17 bits per heavy atom. The molecule has 0 saturated heterocycles. The minimum atomic E-state index is -0.824. The van der Waals surface area contributed by atoms with E-state index < -0.39 is 12.0 Å². The van der Waals surface area contributed by atoms with Gasteiger partial charge in [-0.2, -0.15) is 0 Å². The number of carbonyl (C=O) groups excluding carboxylic acids is 1. The summed E-state index contributed by atoms with van der Waals surface area (Å²) in [6.07, 6.45) is 0.717. The first-order valence-electron chi connectivity index (χ1n) is 7.33. The topological polar surface area (TPSA) is 80.0 Å². The van der Waals surface area contributed by atoms with Crippen LogP contribution in [-0.4, -0.2) is 32.6 Å². The molecule has 3 aromatic rings. The molecule has 0 aliphatic heterocycles. The summed E-state index contributed by atoms with van der Waals surface area (Å²) in [6, 6.07) is 16.2. The molecule has 0 aliphatic carbocycles. The Kier molecular flexibility index (Phi) is 4.88. The van der Waals surface area contributed by atoms with Crippen LogP contribution in [0.2, 0.25) is 5.02 Å². The number of carbonyl (C=O) groups is 1. The number of amides is 1. The molecule has 0 spiro atoms. The third kappa shape index (κ3) is 3.79.